The zero-order chi connectivity index (χ0) is 17.1. The Hall–Kier alpha value is -2.82. The first-order valence-electron chi connectivity index (χ1n) is 7.94. The average Bonchev–Trinajstić information content (AvgIpc) is 3.39. The second-order valence-electron chi connectivity index (χ2n) is 5.95. The molecule has 0 spiro atoms. The summed E-state index contributed by atoms with van der Waals surface area (Å²) in [5.41, 5.74) is 2.25. The molecule has 5 nitrogen and oxygen atoms in total. The summed E-state index contributed by atoms with van der Waals surface area (Å²) in [6.07, 6.45) is 1.17. The number of phenolic OH excluding ortho intramolecular Hbond substituents is 1. The van der Waals surface area contributed by atoms with E-state index in [1.54, 1.807) is 55.5 Å². The molecule has 0 saturated heterocycles. The minimum Gasteiger partial charge on any atom is -0.508 e. The van der Waals surface area contributed by atoms with Gasteiger partial charge in [-0.3, -0.25) is 4.79 Å². The molecule has 1 saturated carbocycles. The minimum absolute atomic E-state index is 0.206. The van der Waals surface area contributed by atoms with Crippen LogP contribution in [0.1, 0.15) is 30.1 Å². The number of rotatable bonds is 5. The van der Waals surface area contributed by atoms with Crippen molar-refractivity contribution < 1.29 is 19.4 Å². The van der Waals surface area contributed by atoms with Gasteiger partial charge in [-0.1, -0.05) is 24.3 Å². The molecule has 24 heavy (non-hydrogen) atoms. The lowest BCUT2D eigenvalue weighted by Crippen LogP contribution is -2.37. The van der Waals surface area contributed by atoms with E-state index >= 15 is 0 Å². The van der Waals surface area contributed by atoms with Crippen molar-refractivity contribution in [3.8, 4) is 16.9 Å². The van der Waals surface area contributed by atoms with Gasteiger partial charge in [0.25, 0.3) is 5.91 Å². The Bertz CT molecular complexity index is 733. The molecule has 3 rings (SSSR count). The maximum absolute atomic E-state index is 12.1. The van der Waals surface area contributed by atoms with Crippen LogP contribution in [0.2, 0.25) is 0 Å². The van der Waals surface area contributed by atoms with Crippen LogP contribution in [-0.2, 0) is 9.53 Å². The topological polar surface area (TPSA) is 75.6 Å². The van der Waals surface area contributed by atoms with E-state index < -0.39 is 12.1 Å². The summed E-state index contributed by atoms with van der Waals surface area (Å²) in [7, 11) is 0. The second kappa shape index (κ2) is 6.74. The van der Waals surface area contributed by atoms with Crippen LogP contribution >= 0.6 is 0 Å². The number of aromatic hydroxyl groups is 1. The Morgan fingerprint density at radius 2 is 1.58 bits per heavy atom. The second-order valence-corrected chi connectivity index (χ2v) is 5.95. The molecular formula is C19H19NO4. The Morgan fingerprint density at radius 3 is 2.12 bits per heavy atom. The number of hydrogen-bond donors (Lipinski definition) is 2. The molecule has 0 aliphatic heterocycles. The first-order chi connectivity index (χ1) is 11.5. The van der Waals surface area contributed by atoms with Gasteiger partial charge in [0.1, 0.15) is 5.75 Å². The largest absolute Gasteiger partial charge is 0.508 e. The van der Waals surface area contributed by atoms with Crippen LogP contribution in [-0.4, -0.2) is 29.1 Å². The van der Waals surface area contributed by atoms with Gasteiger partial charge >= 0.3 is 5.97 Å². The third-order valence-corrected chi connectivity index (χ3v) is 3.90. The molecule has 124 valence electrons. The van der Waals surface area contributed by atoms with Gasteiger partial charge in [0.2, 0.25) is 0 Å². The SMILES string of the molecule is C[C@@H](OC(=O)c1ccc(-c2ccc(O)cc2)cc1)C(=O)NC1CC1. The van der Waals surface area contributed by atoms with Crippen molar-refractivity contribution in [2.45, 2.75) is 31.9 Å². The number of ether oxygens (including phenoxy) is 1. The van der Waals surface area contributed by atoms with Crippen LogP contribution in [0.15, 0.2) is 48.5 Å². The van der Waals surface area contributed by atoms with E-state index in [9.17, 15) is 14.7 Å². The van der Waals surface area contributed by atoms with Crippen LogP contribution in [0.25, 0.3) is 11.1 Å². The first kappa shape index (κ1) is 16.1. The van der Waals surface area contributed by atoms with Crippen molar-refractivity contribution in [3.63, 3.8) is 0 Å². The van der Waals surface area contributed by atoms with Gasteiger partial charge in [-0.15, -0.1) is 0 Å². The molecule has 1 atom stereocenters. The van der Waals surface area contributed by atoms with Gasteiger partial charge in [0.05, 0.1) is 5.56 Å². The van der Waals surface area contributed by atoms with Crippen LogP contribution in [0, 0.1) is 0 Å². The molecule has 0 bridgehead atoms. The van der Waals surface area contributed by atoms with Gasteiger partial charge in [-0.25, -0.2) is 4.79 Å². The molecule has 0 aromatic heterocycles. The third kappa shape index (κ3) is 3.93. The maximum Gasteiger partial charge on any atom is 0.338 e. The maximum atomic E-state index is 12.1. The summed E-state index contributed by atoms with van der Waals surface area (Å²) >= 11 is 0. The van der Waals surface area contributed by atoms with E-state index in [1.165, 1.54) is 0 Å². The Labute approximate surface area is 140 Å². The fraction of sp³-hybridized carbons (Fsp3) is 0.263. The number of carbonyl (C=O) groups is 2. The number of hydrogen-bond acceptors (Lipinski definition) is 4. The molecule has 1 aliphatic carbocycles. The zero-order valence-electron chi connectivity index (χ0n) is 13.4. The molecule has 2 aromatic rings. The van der Waals surface area contributed by atoms with Crippen LogP contribution in [0.5, 0.6) is 5.75 Å². The van der Waals surface area contributed by atoms with E-state index in [1.807, 2.05) is 0 Å². The summed E-state index contributed by atoms with van der Waals surface area (Å²) < 4.78 is 5.20. The van der Waals surface area contributed by atoms with E-state index in [0.29, 0.717) is 5.56 Å². The molecule has 5 heteroatoms. The Kier molecular flexibility index (Phi) is 4.51. The van der Waals surface area contributed by atoms with E-state index in [4.69, 9.17) is 4.74 Å². The number of benzene rings is 2. The lowest BCUT2D eigenvalue weighted by atomic mass is 10.0. The standard InChI is InChI=1S/C19H19NO4/c1-12(18(22)20-16-8-9-16)24-19(23)15-4-2-13(3-5-15)14-6-10-17(21)11-7-14/h2-7,10-12,16,21H,8-9H2,1H3,(H,20,22)/t12-/m1/s1. The van der Waals surface area contributed by atoms with E-state index in [-0.39, 0.29) is 17.7 Å². The van der Waals surface area contributed by atoms with E-state index in [2.05, 4.69) is 5.32 Å². The smallest absolute Gasteiger partial charge is 0.338 e. The Morgan fingerprint density at radius 1 is 1.04 bits per heavy atom. The quantitative estimate of drug-likeness (QED) is 0.829. The van der Waals surface area contributed by atoms with Crippen molar-refractivity contribution in [1.29, 1.82) is 0 Å². The fourth-order valence-corrected chi connectivity index (χ4v) is 2.28. The highest BCUT2D eigenvalue weighted by Gasteiger charge is 2.27. The van der Waals surface area contributed by atoms with Crippen molar-refractivity contribution in [2.75, 3.05) is 0 Å². The third-order valence-electron chi connectivity index (χ3n) is 3.90. The van der Waals surface area contributed by atoms with Crippen LogP contribution in [0.3, 0.4) is 0 Å². The van der Waals surface area contributed by atoms with Crippen molar-refractivity contribution in [3.05, 3.63) is 54.1 Å². The number of nitrogens with one attached hydrogen (secondary N) is 1. The lowest BCUT2D eigenvalue weighted by molar-refractivity contribution is -0.129. The fourth-order valence-electron chi connectivity index (χ4n) is 2.28. The van der Waals surface area contributed by atoms with Gasteiger partial charge in [0, 0.05) is 6.04 Å². The highest BCUT2D eigenvalue weighted by atomic mass is 16.5. The highest BCUT2D eigenvalue weighted by Crippen LogP contribution is 2.22. The minimum atomic E-state index is -0.810. The number of phenols is 1. The van der Waals surface area contributed by atoms with Crippen molar-refractivity contribution in [1.82, 2.24) is 5.32 Å². The summed E-state index contributed by atoms with van der Waals surface area (Å²) in [6.45, 7) is 1.57. The average molecular weight is 325 g/mol. The number of carbonyl (C=O) groups excluding carboxylic acids is 2. The summed E-state index contributed by atoms with van der Waals surface area (Å²) in [5.74, 6) is -0.574. The molecule has 0 heterocycles. The number of amides is 1. The molecule has 2 aromatic carbocycles. The summed E-state index contributed by atoms with van der Waals surface area (Å²) in [4.78, 5) is 23.9. The Balaban J connectivity index is 1.62. The normalized spacial score (nSPS) is 14.7. The first-order valence-corrected chi connectivity index (χ1v) is 7.94. The van der Waals surface area contributed by atoms with Crippen molar-refractivity contribution in [2.24, 2.45) is 0 Å². The lowest BCUT2D eigenvalue weighted by Gasteiger charge is -2.13. The molecule has 0 radical (unpaired) electrons. The zero-order valence-corrected chi connectivity index (χ0v) is 13.4. The molecule has 1 aliphatic rings. The molecule has 1 amide bonds. The van der Waals surface area contributed by atoms with Gasteiger partial charge < -0.3 is 15.2 Å². The highest BCUT2D eigenvalue weighted by molar-refractivity contribution is 5.92. The molecule has 1 fully saturated rings. The predicted molar refractivity (Wildman–Crippen MR) is 89.6 cm³/mol. The molecule has 0 unspecified atom stereocenters. The van der Waals surface area contributed by atoms with Crippen LogP contribution < -0.4 is 5.32 Å². The van der Waals surface area contributed by atoms with Crippen molar-refractivity contribution >= 4 is 11.9 Å². The predicted octanol–water partition coefficient (Wildman–Crippen LogP) is 2.88. The molecule has 2 N–H and O–H groups in total. The summed E-state index contributed by atoms with van der Waals surface area (Å²) in [5, 5.41) is 12.1. The van der Waals surface area contributed by atoms with Gasteiger partial charge in [0.15, 0.2) is 6.10 Å². The van der Waals surface area contributed by atoms with E-state index in [0.717, 1.165) is 24.0 Å². The van der Waals surface area contributed by atoms with Gasteiger partial charge in [-0.2, -0.15) is 0 Å². The molecular weight excluding hydrogens is 306 g/mol. The summed E-state index contributed by atoms with van der Waals surface area (Å²) in [6, 6.07) is 14.0. The van der Waals surface area contributed by atoms with Gasteiger partial charge in [-0.05, 0) is 55.2 Å². The number of esters is 1. The monoisotopic (exact) mass is 325 g/mol. The van der Waals surface area contributed by atoms with Crippen LogP contribution in [0.4, 0.5) is 0 Å².